The number of hydrogen-bond acceptors (Lipinski definition) is 3. The van der Waals surface area contributed by atoms with Crippen LogP contribution in [0.4, 0.5) is 0 Å². The minimum Gasteiger partial charge on any atom is -0.381 e. The topological polar surface area (TPSA) is 12.5 Å². The maximum absolute atomic E-state index is 5.57. The molecule has 1 saturated carbocycles. The van der Waals surface area contributed by atoms with Gasteiger partial charge in [0.25, 0.3) is 0 Å². The summed E-state index contributed by atoms with van der Waals surface area (Å²) in [6.45, 7) is 7.82. The van der Waals surface area contributed by atoms with Gasteiger partial charge in [-0.3, -0.25) is 0 Å². The third kappa shape index (κ3) is 2.88. The van der Waals surface area contributed by atoms with Gasteiger partial charge in [-0.05, 0) is 19.8 Å². The van der Waals surface area contributed by atoms with Crippen LogP contribution in [0.2, 0.25) is 0 Å². The Morgan fingerprint density at radius 2 is 2.00 bits per heavy atom. The molecule has 0 bridgehead atoms. The lowest BCUT2D eigenvalue weighted by molar-refractivity contribution is 0.0805. The number of rotatable bonds is 5. The maximum atomic E-state index is 5.57. The predicted octanol–water partition coefficient (Wildman–Crippen LogP) is 1.85. The lowest BCUT2D eigenvalue weighted by Gasteiger charge is -2.30. The van der Waals surface area contributed by atoms with Crippen LogP contribution in [0.1, 0.15) is 19.8 Å². The molecular weight excluding hydrogens is 194 g/mol. The molecule has 1 aliphatic heterocycles. The van der Waals surface area contributed by atoms with E-state index in [0.29, 0.717) is 5.41 Å². The molecule has 3 heteroatoms. The zero-order valence-electron chi connectivity index (χ0n) is 9.13. The number of nitrogens with zero attached hydrogens (tertiary/aromatic N) is 1. The zero-order valence-corrected chi connectivity index (χ0v) is 9.94. The molecule has 2 aliphatic rings. The first kappa shape index (κ1) is 10.8. The Hall–Kier alpha value is 0.270. The second-order valence-electron chi connectivity index (χ2n) is 4.53. The van der Waals surface area contributed by atoms with Gasteiger partial charge in [-0.2, -0.15) is 11.8 Å². The normalized spacial score (nSPS) is 26.4. The second-order valence-corrected chi connectivity index (χ2v) is 5.75. The highest BCUT2D eigenvalue weighted by molar-refractivity contribution is 7.99. The van der Waals surface area contributed by atoms with Gasteiger partial charge < -0.3 is 9.64 Å². The van der Waals surface area contributed by atoms with Crippen molar-refractivity contribution in [1.82, 2.24) is 4.90 Å². The summed E-state index contributed by atoms with van der Waals surface area (Å²) >= 11 is 2.09. The van der Waals surface area contributed by atoms with Crippen molar-refractivity contribution in [2.24, 2.45) is 5.41 Å². The summed E-state index contributed by atoms with van der Waals surface area (Å²) in [5, 5.41) is 0. The van der Waals surface area contributed by atoms with Crippen molar-refractivity contribution < 1.29 is 4.74 Å². The first-order chi connectivity index (χ1) is 6.85. The van der Waals surface area contributed by atoms with Crippen molar-refractivity contribution in [3.05, 3.63) is 0 Å². The van der Waals surface area contributed by atoms with Crippen LogP contribution in [0.3, 0.4) is 0 Å². The molecule has 1 saturated heterocycles. The van der Waals surface area contributed by atoms with Crippen molar-refractivity contribution >= 4 is 11.8 Å². The standard InChI is InChI=1S/C11H21NOS/c1-2-13-10-11(3-4-11)9-12-5-7-14-8-6-12/h2-10H2,1H3. The summed E-state index contributed by atoms with van der Waals surface area (Å²) in [4.78, 5) is 2.63. The van der Waals surface area contributed by atoms with Gasteiger partial charge in [-0.15, -0.1) is 0 Å². The molecule has 1 aliphatic carbocycles. The summed E-state index contributed by atoms with van der Waals surface area (Å²) in [5.41, 5.74) is 0.554. The molecule has 14 heavy (non-hydrogen) atoms. The Kier molecular flexibility index (Phi) is 3.74. The largest absolute Gasteiger partial charge is 0.381 e. The van der Waals surface area contributed by atoms with E-state index in [4.69, 9.17) is 4.74 Å². The van der Waals surface area contributed by atoms with E-state index < -0.39 is 0 Å². The summed E-state index contributed by atoms with van der Waals surface area (Å²) in [6.07, 6.45) is 2.77. The Labute approximate surface area is 91.4 Å². The van der Waals surface area contributed by atoms with Gasteiger partial charge in [0, 0.05) is 43.2 Å². The Balaban J connectivity index is 1.72. The van der Waals surface area contributed by atoms with Crippen molar-refractivity contribution in [1.29, 1.82) is 0 Å². The van der Waals surface area contributed by atoms with Crippen LogP contribution in [0.25, 0.3) is 0 Å². The SMILES string of the molecule is CCOCC1(CN2CCSCC2)CC1. The molecule has 0 spiro atoms. The number of ether oxygens (including phenoxy) is 1. The molecule has 0 radical (unpaired) electrons. The van der Waals surface area contributed by atoms with Crippen molar-refractivity contribution in [2.75, 3.05) is 44.4 Å². The monoisotopic (exact) mass is 215 g/mol. The van der Waals surface area contributed by atoms with Crippen molar-refractivity contribution in [3.8, 4) is 0 Å². The molecule has 0 aromatic heterocycles. The molecule has 2 nitrogen and oxygen atoms in total. The molecule has 0 unspecified atom stereocenters. The fourth-order valence-electron chi connectivity index (χ4n) is 2.08. The fraction of sp³-hybridized carbons (Fsp3) is 1.00. The second kappa shape index (κ2) is 4.86. The summed E-state index contributed by atoms with van der Waals surface area (Å²) in [7, 11) is 0. The minimum absolute atomic E-state index is 0.554. The molecule has 2 fully saturated rings. The van der Waals surface area contributed by atoms with Crippen LogP contribution >= 0.6 is 11.8 Å². The third-order valence-electron chi connectivity index (χ3n) is 3.23. The fourth-order valence-corrected chi connectivity index (χ4v) is 3.06. The molecule has 0 atom stereocenters. The van der Waals surface area contributed by atoms with E-state index >= 15 is 0 Å². The van der Waals surface area contributed by atoms with Gasteiger partial charge in [0.15, 0.2) is 0 Å². The maximum Gasteiger partial charge on any atom is 0.0534 e. The smallest absolute Gasteiger partial charge is 0.0534 e. The highest BCUT2D eigenvalue weighted by atomic mass is 32.2. The molecule has 1 heterocycles. The number of thioether (sulfide) groups is 1. The van der Waals surface area contributed by atoms with Crippen LogP contribution in [-0.4, -0.2) is 49.3 Å². The van der Waals surface area contributed by atoms with Crippen LogP contribution in [0, 0.1) is 5.41 Å². The average molecular weight is 215 g/mol. The molecule has 0 N–H and O–H groups in total. The molecule has 82 valence electrons. The predicted molar refractivity (Wildman–Crippen MR) is 61.9 cm³/mol. The van der Waals surface area contributed by atoms with Crippen LogP contribution in [0.5, 0.6) is 0 Å². The van der Waals surface area contributed by atoms with Gasteiger partial charge in [0.2, 0.25) is 0 Å². The highest BCUT2D eigenvalue weighted by Gasteiger charge is 2.44. The zero-order chi connectivity index (χ0) is 9.86. The third-order valence-corrected chi connectivity index (χ3v) is 4.17. The Morgan fingerprint density at radius 3 is 2.57 bits per heavy atom. The van der Waals surface area contributed by atoms with Gasteiger partial charge >= 0.3 is 0 Å². The van der Waals surface area contributed by atoms with Gasteiger partial charge in [0.1, 0.15) is 0 Å². The van der Waals surface area contributed by atoms with E-state index in [0.717, 1.165) is 13.2 Å². The van der Waals surface area contributed by atoms with Crippen LogP contribution in [-0.2, 0) is 4.74 Å². The summed E-state index contributed by atoms with van der Waals surface area (Å²) in [6, 6.07) is 0. The summed E-state index contributed by atoms with van der Waals surface area (Å²) in [5.74, 6) is 2.65. The van der Waals surface area contributed by atoms with Gasteiger partial charge in [-0.25, -0.2) is 0 Å². The Morgan fingerprint density at radius 1 is 1.29 bits per heavy atom. The van der Waals surface area contributed by atoms with E-state index in [2.05, 4.69) is 23.6 Å². The quantitative estimate of drug-likeness (QED) is 0.694. The van der Waals surface area contributed by atoms with Crippen LogP contribution in [0.15, 0.2) is 0 Å². The molecule has 0 aromatic carbocycles. The van der Waals surface area contributed by atoms with E-state index in [-0.39, 0.29) is 0 Å². The van der Waals surface area contributed by atoms with Gasteiger partial charge in [-0.1, -0.05) is 0 Å². The molecule has 0 aromatic rings. The van der Waals surface area contributed by atoms with Gasteiger partial charge in [0.05, 0.1) is 6.61 Å². The average Bonchev–Trinajstić information content (AvgIpc) is 2.97. The summed E-state index contributed by atoms with van der Waals surface area (Å²) < 4.78 is 5.57. The highest BCUT2D eigenvalue weighted by Crippen LogP contribution is 2.46. The minimum atomic E-state index is 0.554. The lowest BCUT2D eigenvalue weighted by atomic mass is 10.1. The molecule has 0 amide bonds. The van der Waals surface area contributed by atoms with E-state index in [1.54, 1.807) is 0 Å². The first-order valence-corrected chi connectivity index (χ1v) is 6.88. The molecular formula is C11H21NOS. The van der Waals surface area contributed by atoms with Crippen molar-refractivity contribution in [2.45, 2.75) is 19.8 Å². The van der Waals surface area contributed by atoms with E-state index in [1.807, 2.05) is 0 Å². The van der Waals surface area contributed by atoms with Crippen molar-refractivity contribution in [3.63, 3.8) is 0 Å². The lowest BCUT2D eigenvalue weighted by Crippen LogP contribution is -2.38. The van der Waals surface area contributed by atoms with E-state index in [1.165, 1.54) is 44.0 Å². The van der Waals surface area contributed by atoms with E-state index in [9.17, 15) is 0 Å². The number of hydrogen-bond donors (Lipinski definition) is 0. The van der Waals surface area contributed by atoms with Crippen LogP contribution < -0.4 is 0 Å². The first-order valence-electron chi connectivity index (χ1n) is 5.72. The Bertz CT molecular complexity index is 176. The molecule has 2 rings (SSSR count).